The molecule has 0 unspecified atom stereocenters. The van der Waals surface area contributed by atoms with Crippen LogP contribution in [-0.4, -0.2) is 30.8 Å². The van der Waals surface area contributed by atoms with Crippen LogP contribution in [0.25, 0.3) is 0 Å². The number of benzene rings is 1. The fourth-order valence-electron chi connectivity index (χ4n) is 5.91. The largest absolute Gasteiger partial charge is 0.355 e. The Morgan fingerprint density at radius 3 is 2.13 bits per heavy atom. The Labute approximate surface area is 174 Å². The smallest absolute Gasteiger partial charge is 0.243 e. The second-order valence-corrected chi connectivity index (χ2v) is 9.16. The van der Waals surface area contributed by atoms with Gasteiger partial charge in [0.25, 0.3) is 0 Å². The van der Waals surface area contributed by atoms with Gasteiger partial charge in [-0.2, -0.15) is 0 Å². The number of rotatable bonds is 7. The third kappa shape index (κ3) is 4.47. The van der Waals surface area contributed by atoms with E-state index in [1.165, 1.54) is 25.3 Å². The van der Waals surface area contributed by atoms with Gasteiger partial charge >= 0.3 is 0 Å². The Morgan fingerprint density at radius 2 is 1.53 bits per heavy atom. The van der Waals surface area contributed by atoms with Crippen molar-refractivity contribution < 1.29 is 23.2 Å². The zero-order chi connectivity index (χ0) is 21.3. The van der Waals surface area contributed by atoms with Crippen LogP contribution in [0.2, 0.25) is 0 Å². The van der Waals surface area contributed by atoms with Crippen molar-refractivity contribution in [2.24, 2.45) is 23.2 Å². The summed E-state index contributed by atoms with van der Waals surface area (Å²) >= 11 is 0. The van der Waals surface area contributed by atoms with E-state index in [1.54, 1.807) is 0 Å². The summed E-state index contributed by atoms with van der Waals surface area (Å²) in [5.74, 6) is -0.864. The first-order valence-corrected chi connectivity index (χ1v) is 10.6. The lowest BCUT2D eigenvalue weighted by atomic mass is 9.49. The van der Waals surface area contributed by atoms with Crippen LogP contribution in [0.15, 0.2) is 18.2 Å². The van der Waals surface area contributed by atoms with Crippen LogP contribution in [0, 0.1) is 34.8 Å². The molecule has 5 rings (SSSR count). The van der Waals surface area contributed by atoms with Crippen LogP contribution in [0.4, 0.5) is 14.5 Å². The van der Waals surface area contributed by atoms with Crippen molar-refractivity contribution in [1.82, 2.24) is 10.6 Å². The molecule has 0 heterocycles. The first-order chi connectivity index (χ1) is 14.3. The molecule has 4 saturated carbocycles. The lowest BCUT2D eigenvalue weighted by Crippen LogP contribution is -2.53. The molecule has 6 nitrogen and oxygen atoms in total. The van der Waals surface area contributed by atoms with Gasteiger partial charge in [0.2, 0.25) is 17.7 Å². The molecule has 8 heteroatoms. The van der Waals surface area contributed by atoms with Crippen molar-refractivity contribution in [3.05, 3.63) is 29.8 Å². The molecule has 0 aliphatic heterocycles. The lowest BCUT2D eigenvalue weighted by Gasteiger charge is -2.55. The molecule has 4 aliphatic carbocycles. The minimum atomic E-state index is -1.06. The molecule has 0 spiro atoms. The molecule has 30 heavy (non-hydrogen) atoms. The third-order valence-electron chi connectivity index (χ3n) is 6.81. The maximum Gasteiger partial charge on any atom is 0.243 e. The Hall–Kier alpha value is -2.51. The SMILES string of the molecule is O=C(CCNC(=O)C12CC3CC(CC(C3)C1)C2)NCC(=O)Nc1ccc(F)c(F)c1. The zero-order valence-corrected chi connectivity index (χ0v) is 16.8. The number of hydrogen-bond donors (Lipinski definition) is 3. The average Bonchev–Trinajstić information content (AvgIpc) is 2.68. The highest BCUT2D eigenvalue weighted by Gasteiger charge is 2.54. The minimum absolute atomic E-state index is 0.0745. The van der Waals surface area contributed by atoms with Gasteiger partial charge in [0.1, 0.15) is 0 Å². The number of carbonyl (C=O) groups is 3. The second kappa shape index (κ2) is 8.32. The normalized spacial score (nSPS) is 28.8. The van der Waals surface area contributed by atoms with Crippen LogP contribution in [0.5, 0.6) is 0 Å². The monoisotopic (exact) mass is 419 g/mol. The number of hydrogen-bond acceptors (Lipinski definition) is 3. The summed E-state index contributed by atoms with van der Waals surface area (Å²) in [5.41, 5.74) is -0.133. The highest BCUT2D eigenvalue weighted by atomic mass is 19.2. The molecule has 3 amide bonds. The third-order valence-corrected chi connectivity index (χ3v) is 6.81. The van der Waals surface area contributed by atoms with E-state index in [0.29, 0.717) is 17.8 Å². The number of carbonyl (C=O) groups excluding carboxylic acids is 3. The van der Waals surface area contributed by atoms with Crippen LogP contribution >= 0.6 is 0 Å². The average molecular weight is 419 g/mol. The van der Waals surface area contributed by atoms with E-state index >= 15 is 0 Å². The predicted molar refractivity (Wildman–Crippen MR) is 106 cm³/mol. The molecular formula is C22H27F2N3O3. The van der Waals surface area contributed by atoms with Crippen molar-refractivity contribution in [3.63, 3.8) is 0 Å². The van der Waals surface area contributed by atoms with Gasteiger partial charge in [-0.1, -0.05) is 0 Å². The molecule has 1 aromatic rings. The highest BCUT2D eigenvalue weighted by molar-refractivity contribution is 5.94. The fourth-order valence-corrected chi connectivity index (χ4v) is 5.91. The van der Waals surface area contributed by atoms with Crippen molar-refractivity contribution in [2.75, 3.05) is 18.4 Å². The minimum Gasteiger partial charge on any atom is -0.355 e. The molecule has 0 radical (unpaired) electrons. The first-order valence-electron chi connectivity index (χ1n) is 10.6. The summed E-state index contributed by atoms with van der Waals surface area (Å²) in [6, 6.07) is 3.02. The fraction of sp³-hybridized carbons (Fsp3) is 0.591. The molecule has 4 bridgehead atoms. The molecule has 162 valence electrons. The Balaban J connectivity index is 1.17. The molecule has 4 aliphatic rings. The zero-order valence-electron chi connectivity index (χ0n) is 16.8. The molecule has 4 fully saturated rings. The van der Waals surface area contributed by atoms with E-state index in [9.17, 15) is 23.2 Å². The second-order valence-electron chi connectivity index (χ2n) is 9.16. The molecule has 3 N–H and O–H groups in total. The van der Waals surface area contributed by atoms with Gasteiger partial charge in [0.05, 0.1) is 6.54 Å². The summed E-state index contributed by atoms with van der Waals surface area (Å²) in [5, 5.41) is 7.78. The van der Waals surface area contributed by atoms with Crippen LogP contribution in [0.1, 0.15) is 44.9 Å². The topological polar surface area (TPSA) is 87.3 Å². The number of anilines is 1. The number of amides is 3. The standard InChI is InChI=1S/C22H27F2N3O3/c23-17-2-1-16(8-18(17)24)27-20(29)12-26-19(28)3-4-25-21(30)22-9-13-5-14(10-22)7-15(6-13)11-22/h1-2,8,13-15H,3-7,9-12H2,(H,25,30)(H,26,28)(H,27,29). The van der Waals surface area contributed by atoms with E-state index in [-0.39, 0.29) is 42.4 Å². The summed E-state index contributed by atoms with van der Waals surface area (Å²) in [4.78, 5) is 36.7. The van der Waals surface area contributed by atoms with Gasteiger partial charge < -0.3 is 16.0 Å². The van der Waals surface area contributed by atoms with E-state index < -0.39 is 17.5 Å². The molecule has 0 atom stereocenters. The van der Waals surface area contributed by atoms with Gasteiger partial charge in [0, 0.05) is 30.1 Å². The van der Waals surface area contributed by atoms with Gasteiger partial charge in [-0.25, -0.2) is 8.78 Å². The number of nitrogens with one attached hydrogen (secondary N) is 3. The Morgan fingerprint density at radius 1 is 0.900 bits per heavy atom. The van der Waals surface area contributed by atoms with Crippen LogP contribution in [-0.2, 0) is 14.4 Å². The Bertz CT molecular complexity index is 823. The quantitative estimate of drug-likeness (QED) is 0.635. The van der Waals surface area contributed by atoms with Crippen molar-refractivity contribution in [1.29, 1.82) is 0 Å². The van der Waals surface area contributed by atoms with Crippen molar-refractivity contribution in [3.8, 4) is 0 Å². The summed E-state index contributed by atoms with van der Waals surface area (Å²) < 4.78 is 26.1. The van der Waals surface area contributed by atoms with E-state index in [4.69, 9.17) is 0 Å². The Kier molecular flexibility index (Phi) is 5.75. The molecule has 0 saturated heterocycles. The maximum absolute atomic E-state index is 13.2. The summed E-state index contributed by atoms with van der Waals surface area (Å²) in [6.07, 6.45) is 6.80. The van der Waals surface area contributed by atoms with Crippen molar-refractivity contribution >= 4 is 23.4 Å². The molecule has 0 aromatic heterocycles. The van der Waals surface area contributed by atoms with Gasteiger partial charge in [-0.15, -0.1) is 0 Å². The molecular weight excluding hydrogens is 392 g/mol. The van der Waals surface area contributed by atoms with E-state index in [1.807, 2.05) is 0 Å². The van der Waals surface area contributed by atoms with Crippen LogP contribution < -0.4 is 16.0 Å². The lowest BCUT2D eigenvalue weighted by molar-refractivity contribution is -0.146. The van der Waals surface area contributed by atoms with E-state index in [0.717, 1.165) is 31.4 Å². The maximum atomic E-state index is 13.2. The van der Waals surface area contributed by atoms with Gasteiger partial charge in [-0.3, -0.25) is 14.4 Å². The first kappa shape index (κ1) is 20.8. The van der Waals surface area contributed by atoms with Gasteiger partial charge in [0.15, 0.2) is 11.6 Å². The number of halogens is 2. The van der Waals surface area contributed by atoms with Crippen LogP contribution in [0.3, 0.4) is 0 Å². The highest BCUT2D eigenvalue weighted by Crippen LogP contribution is 2.60. The van der Waals surface area contributed by atoms with E-state index in [2.05, 4.69) is 16.0 Å². The van der Waals surface area contributed by atoms with Gasteiger partial charge in [-0.05, 0) is 68.4 Å². The summed E-state index contributed by atoms with van der Waals surface area (Å²) in [6.45, 7) is -0.0576. The summed E-state index contributed by atoms with van der Waals surface area (Å²) in [7, 11) is 0. The molecule has 1 aromatic carbocycles. The predicted octanol–water partition coefficient (Wildman–Crippen LogP) is 2.74. The van der Waals surface area contributed by atoms with Crippen molar-refractivity contribution in [2.45, 2.75) is 44.9 Å².